The van der Waals surface area contributed by atoms with Crippen molar-refractivity contribution in [2.45, 2.75) is 24.5 Å². The normalized spacial score (nSPS) is 28.0. The number of likely N-dealkylation sites (N-methyl/N-ethyl adjacent to an activating group) is 1. The number of phenolic OH excluding ortho intramolecular Hbond substituents is 1. The van der Waals surface area contributed by atoms with Gasteiger partial charge in [0.1, 0.15) is 22.8 Å². The van der Waals surface area contributed by atoms with Crippen LogP contribution in [0.3, 0.4) is 0 Å². The predicted octanol–water partition coefficient (Wildman–Crippen LogP) is 0.450. The molecule has 0 saturated heterocycles. The first-order valence-electron chi connectivity index (χ1n) is 11.0. The molecule has 0 aromatic heterocycles. The average Bonchev–Trinajstić information content (AvgIpc) is 2.75. The molecule has 7 N–H and O–H groups in total. The number of nitrogens with two attached hydrogens (primary N) is 1. The molecule has 1 aromatic rings. The molecule has 11 nitrogen and oxygen atoms in total. The summed E-state index contributed by atoms with van der Waals surface area (Å²) in [5, 5.41) is 53.1. The summed E-state index contributed by atoms with van der Waals surface area (Å²) in [4.78, 5) is 40.6. The molecule has 0 radical (unpaired) electrons. The summed E-state index contributed by atoms with van der Waals surface area (Å²) in [6.07, 6.45) is 0.686. The first kappa shape index (κ1) is 24.4. The zero-order valence-corrected chi connectivity index (χ0v) is 19.8. The number of carbonyl (C=O) groups excluding carboxylic acids is 3. The van der Waals surface area contributed by atoms with E-state index >= 15 is 0 Å². The minimum Gasteiger partial charge on any atom is -0.510 e. The monoisotopic (exact) mass is 484 g/mol. The SMILES string of the molecule is CN(C)c1cc(C=O)c(O)c2c1C[C@H]1C[C@H]3[C@H](N(C)C)C(O)=C(C(N)=O)C(=N)[C@@]3(O)C(O)=C1C2=O. The number of aliphatic hydroxyl groups is 3. The molecule has 186 valence electrons. The van der Waals surface area contributed by atoms with Crippen molar-refractivity contribution in [1.82, 2.24) is 4.90 Å². The number of rotatable bonds is 4. The van der Waals surface area contributed by atoms with Gasteiger partial charge in [-0.3, -0.25) is 19.3 Å². The van der Waals surface area contributed by atoms with E-state index < -0.39 is 63.7 Å². The van der Waals surface area contributed by atoms with Crippen LogP contribution in [0.25, 0.3) is 0 Å². The second-order valence-electron chi connectivity index (χ2n) is 9.71. The second kappa shape index (κ2) is 7.92. The lowest BCUT2D eigenvalue weighted by molar-refractivity contribution is -0.114. The summed E-state index contributed by atoms with van der Waals surface area (Å²) in [7, 11) is 6.67. The summed E-state index contributed by atoms with van der Waals surface area (Å²) >= 11 is 0. The number of anilines is 1. The number of benzene rings is 1. The van der Waals surface area contributed by atoms with Crippen LogP contribution in [0.1, 0.15) is 32.7 Å². The van der Waals surface area contributed by atoms with Crippen LogP contribution in [0.4, 0.5) is 5.69 Å². The molecule has 3 aliphatic rings. The first-order chi connectivity index (χ1) is 16.3. The highest BCUT2D eigenvalue weighted by Crippen LogP contribution is 2.53. The lowest BCUT2D eigenvalue weighted by Gasteiger charge is -2.51. The van der Waals surface area contributed by atoms with Gasteiger partial charge >= 0.3 is 0 Å². The summed E-state index contributed by atoms with van der Waals surface area (Å²) in [6, 6.07) is 0.505. The van der Waals surface area contributed by atoms with Gasteiger partial charge in [0, 0.05) is 31.3 Å². The molecule has 1 aromatic carbocycles. The Kier molecular flexibility index (Phi) is 5.53. The van der Waals surface area contributed by atoms with Crippen LogP contribution in [0.2, 0.25) is 0 Å². The standard InChI is InChI=1S/C24H28N4O7/c1-27(2)13-7-10(8-29)18(30)15-11(13)5-9-6-12-17(28(3)4)20(32)16(23(26)34)21(25)24(12,35)22(33)14(9)19(15)31/h7-9,12,17,25,30,32-33,35H,5-6H2,1-4H3,(H2,26,34)/t9-,12-,17-,24+/m0/s1. The van der Waals surface area contributed by atoms with Crippen molar-refractivity contribution < 1.29 is 34.8 Å². The molecule has 0 spiro atoms. The van der Waals surface area contributed by atoms with Crippen molar-refractivity contribution in [1.29, 1.82) is 5.41 Å². The van der Waals surface area contributed by atoms with Crippen LogP contribution in [0.15, 0.2) is 28.7 Å². The quantitative estimate of drug-likeness (QED) is 0.330. The van der Waals surface area contributed by atoms with Crippen molar-refractivity contribution in [3.05, 3.63) is 45.4 Å². The molecule has 0 bridgehead atoms. The highest BCUT2D eigenvalue weighted by Gasteiger charge is 2.61. The molecule has 4 atom stereocenters. The first-order valence-corrected chi connectivity index (χ1v) is 11.0. The number of aliphatic hydroxyl groups excluding tert-OH is 2. The minimum absolute atomic E-state index is 0.0749. The van der Waals surface area contributed by atoms with Crippen LogP contribution >= 0.6 is 0 Å². The van der Waals surface area contributed by atoms with Crippen LogP contribution in [0, 0.1) is 17.2 Å². The lowest BCUT2D eigenvalue weighted by Crippen LogP contribution is -2.63. The smallest absolute Gasteiger partial charge is 0.254 e. The van der Waals surface area contributed by atoms with Gasteiger partial charge in [-0.25, -0.2) is 0 Å². The lowest BCUT2D eigenvalue weighted by atomic mass is 9.58. The fourth-order valence-electron chi connectivity index (χ4n) is 5.86. The van der Waals surface area contributed by atoms with E-state index in [4.69, 9.17) is 11.1 Å². The van der Waals surface area contributed by atoms with Crippen LogP contribution in [-0.2, 0) is 11.2 Å². The van der Waals surface area contributed by atoms with Crippen LogP contribution < -0.4 is 10.6 Å². The number of fused-ring (bicyclic) bond motifs is 3. The van der Waals surface area contributed by atoms with E-state index in [0.717, 1.165) is 0 Å². The minimum atomic E-state index is -2.48. The fourth-order valence-corrected chi connectivity index (χ4v) is 5.86. The zero-order valence-electron chi connectivity index (χ0n) is 19.8. The average molecular weight is 485 g/mol. The van der Waals surface area contributed by atoms with E-state index in [-0.39, 0.29) is 29.5 Å². The van der Waals surface area contributed by atoms with Crippen molar-refractivity contribution >= 4 is 29.4 Å². The van der Waals surface area contributed by atoms with Crippen LogP contribution in [0.5, 0.6) is 5.75 Å². The Balaban J connectivity index is 2.01. The molecule has 3 aliphatic carbocycles. The van der Waals surface area contributed by atoms with Gasteiger partial charge in [0.25, 0.3) is 5.91 Å². The summed E-state index contributed by atoms with van der Waals surface area (Å²) in [5.74, 6) is -5.38. The maximum atomic E-state index is 13.7. The van der Waals surface area contributed by atoms with E-state index in [1.165, 1.54) is 6.07 Å². The highest BCUT2D eigenvalue weighted by atomic mass is 16.3. The molecule has 11 heteroatoms. The Morgan fingerprint density at radius 3 is 2.37 bits per heavy atom. The summed E-state index contributed by atoms with van der Waals surface area (Å²) in [6.45, 7) is 0. The molecule has 0 aliphatic heterocycles. The van der Waals surface area contributed by atoms with E-state index in [0.29, 0.717) is 17.5 Å². The predicted molar refractivity (Wildman–Crippen MR) is 126 cm³/mol. The molecule has 1 amide bonds. The topological polar surface area (TPSA) is 188 Å². The number of hydrogen-bond acceptors (Lipinski definition) is 10. The number of allylic oxidation sites excluding steroid dienone is 1. The third kappa shape index (κ3) is 3.11. The number of aldehydes is 1. The number of amides is 1. The molecule has 0 saturated carbocycles. The van der Waals surface area contributed by atoms with Gasteiger partial charge in [0.05, 0.1) is 22.9 Å². The maximum Gasteiger partial charge on any atom is 0.254 e. The molecular formula is C24H28N4O7. The van der Waals surface area contributed by atoms with Gasteiger partial charge in [-0.2, -0.15) is 0 Å². The second-order valence-corrected chi connectivity index (χ2v) is 9.71. The van der Waals surface area contributed by atoms with E-state index in [1.54, 1.807) is 38.0 Å². The number of phenols is 1. The van der Waals surface area contributed by atoms with E-state index in [2.05, 4.69) is 0 Å². The van der Waals surface area contributed by atoms with Crippen LogP contribution in [-0.4, -0.2) is 88.8 Å². The molecule has 35 heavy (non-hydrogen) atoms. The Hall–Kier alpha value is -3.70. The van der Waals surface area contributed by atoms with Gasteiger partial charge in [-0.1, -0.05) is 0 Å². The number of primary amides is 1. The Morgan fingerprint density at radius 1 is 1.23 bits per heavy atom. The van der Waals surface area contributed by atoms with Gasteiger partial charge < -0.3 is 36.5 Å². The van der Waals surface area contributed by atoms with E-state index in [1.807, 2.05) is 0 Å². The number of hydrogen-bond donors (Lipinski definition) is 6. The van der Waals surface area contributed by atoms with Gasteiger partial charge in [0.15, 0.2) is 17.7 Å². The summed E-state index contributed by atoms with van der Waals surface area (Å²) in [5.41, 5.74) is 2.06. The maximum absolute atomic E-state index is 13.7. The fraction of sp³-hybridized carbons (Fsp3) is 0.417. The van der Waals surface area contributed by atoms with Crippen molar-refractivity contribution in [2.75, 3.05) is 33.1 Å². The van der Waals surface area contributed by atoms with Gasteiger partial charge in [0.2, 0.25) is 0 Å². The Bertz CT molecular complexity index is 1260. The number of carbonyl (C=O) groups is 3. The van der Waals surface area contributed by atoms with Crippen molar-refractivity contribution in [3.63, 3.8) is 0 Å². The Morgan fingerprint density at radius 2 is 1.86 bits per heavy atom. The third-order valence-corrected chi connectivity index (χ3v) is 7.40. The number of aromatic hydroxyl groups is 1. The molecular weight excluding hydrogens is 456 g/mol. The number of nitrogens with zero attached hydrogens (tertiary/aromatic N) is 2. The largest absolute Gasteiger partial charge is 0.510 e. The molecule has 0 fully saturated rings. The Labute approximate surface area is 201 Å². The van der Waals surface area contributed by atoms with Gasteiger partial charge in [-0.15, -0.1) is 0 Å². The third-order valence-electron chi connectivity index (χ3n) is 7.40. The van der Waals surface area contributed by atoms with E-state index in [9.17, 15) is 34.8 Å². The van der Waals surface area contributed by atoms with Crippen molar-refractivity contribution in [3.8, 4) is 5.75 Å². The molecule has 0 heterocycles. The number of Topliss-reactive ketones (excluding diaryl/α,β-unsaturated/α-hetero) is 1. The molecule has 0 unspecified atom stereocenters. The summed E-state index contributed by atoms with van der Waals surface area (Å²) < 4.78 is 0. The van der Waals surface area contributed by atoms with Gasteiger partial charge in [-0.05, 0) is 44.5 Å². The molecule has 4 rings (SSSR count). The number of ketones is 1. The number of nitrogens with one attached hydrogen (secondary N) is 1. The van der Waals surface area contributed by atoms with Crippen molar-refractivity contribution in [2.24, 2.45) is 17.6 Å². The highest BCUT2D eigenvalue weighted by molar-refractivity contribution is 6.26. The zero-order chi connectivity index (χ0) is 26.1.